The third-order valence-corrected chi connectivity index (χ3v) is 3.00. The van der Waals surface area contributed by atoms with Crippen molar-refractivity contribution in [3.63, 3.8) is 0 Å². The Bertz CT molecular complexity index is 461. The first kappa shape index (κ1) is 11.6. The largest absolute Gasteiger partial charge is 0.481 e. The number of rotatable bonds is 2. The molecule has 5 heteroatoms. The molecule has 0 aliphatic carbocycles. The minimum absolute atomic E-state index is 0.141. The fraction of sp³-hybridized carbons (Fsp3) is 0.333. The Morgan fingerprint density at radius 1 is 1.41 bits per heavy atom. The maximum absolute atomic E-state index is 13.5. The van der Waals surface area contributed by atoms with Crippen LogP contribution in [0, 0.1) is 11.7 Å². The van der Waals surface area contributed by atoms with Crippen molar-refractivity contribution in [2.24, 2.45) is 5.92 Å². The molecule has 1 aromatic carbocycles. The average molecular weight is 237 g/mol. The summed E-state index contributed by atoms with van der Waals surface area (Å²) in [5, 5.41) is 11.4. The quantitative estimate of drug-likeness (QED) is 0.758. The van der Waals surface area contributed by atoms with E-state index in [4.69, 9.17) is 5.11 Å². The number of carboxylic acids is 1. The molecule has 2 rings (SSSR count). The summed E-state index contributed by atoms with van der Waals surface area (Å²) in [5.41, 5.74) is 0.457. The third-order valence-electron chi connectivity index (χ3n) is 3.00. The minimum atomic E-state index is -1.16. The van der Waals surface area contributed by atoms with E-state index in [0.717, 1.165) is 0 Å². The standard InChI is InChI=1S/C12H12FNO3/c13-10-4-2-1-3-8(10)7-5-9(12(16)17)11(15)14-6-7/h1-4,7,9H,5-6H2,(H,14,15)(H,16,17)/t7-,9+/m0/s1. The average Bonchev–Trinajstić information content (AvgIpc) is 2.30. The second-order valence-electron chi connectivity index (χ2n) is 4.09. The van der Waals surface area contributed by atoms with Crippen LogP contribution in [-0.4, -0.2) is 23.5 Å². The van der Waals surface area contributed by atoms with Crippen LogP contribution in [-0.2, 0) is 9.59 Å². The summed E-state index contributed by atoms with van der Waals surface area (Å²) in [6, 6.07) is 6.23. The number of carboxylic acid groups (broad SMARTS) is 1. The predicted molar refractivity (Wildman–Crippen MR) is 57.9 cm³/mol. The molecule has 4 nitrogen and oxygen atoms in total. The first-order valence-corrected chi connectivity index (χ1v) is 5.34. The van der Waals surface area contributed by atoms with Crippen molar-refractivity contribution >= 4 is 11.9 Å². The van der Waals surface area contributed by atoms with Crippen LogP contribution in [0.5, 0.6) is 0 Å². The van der Waals surface area contributed by atoms with Crippen molar-refractivity contribution in [2.75, 3.05) is 6.54 Å². The zero-order chi connectivity index (χ0) is 12.4. The molecule has 0 radical (unpaired) electrons. The van der Waals surface area contributed by atoms with Gasteiger partial charge in [-0.15, -0.1) is 0 Å². The summed E-state index contributed by atoms with van der Waals surface area (Å²) in [4.78, 5) is 22.2. The molecule has 1 heterocycles. The fourth-order valence-corrected chi connectivity index (χ4v) is 2.08. The van der Waals surface area contributed by atoms with Gasteiger partial charge in [-0.3, -0.25) is 9.59 Å². The van der Waals surface area contributed by atoms with Gasteiger partial charge in [-0.1, -0.05) is 18.2 Å². The molecule has 1 aromatic rings. The molecule has 0 saturated carbocycles. The molecule has 1 aliphatic heterocycles. The summed E-state index contributed by atoms with van der Waals surface area (Å²) in [6.45, 7) is 0.281. The molecule has 0 bridgehead atoms. The number of hydrogen-bond acceptors (Lipinski definition) is 2. The first-order valence-electron chi connectivity index (χ1n) is 5.34. The molecular formula is C12H12FNO3. The maximum Gasteiger partial charge on any atom is 0.316 e. The van der Waals surface area contributed by atoms with Crippen molar-refractivity contribution in [3.05, 3.63) is 35.6 Å². The molecular weight excluding hydrogens is 225 g/mol. The smallest absolute Gasteiger partial charge is 0.316 e. The number of amides is 1. The number of nitrogens with one attached hydrogen (secondary N) is 1. The number of carbonyl (C=O) groups excluding carboxylic acids is 1. The van der Waals surface area contributed by atoms with Gasteiger partial charge in [0.25, 0.3) is 0 Å². The van der Waals surface area contributed by atoms with Crippen LogP contribution in [0.1, 0.15) is 17.9 Å². The molecule has 0 spiro atoms. The lowest BCUT2D eigenvalue weighted by atomic mass is 9.85. The van der Waals surface area contributed by atoms with Crippen molar-refractivity contribution in [2.45, 2.75) is 12.3 Å². The van der Waals surface area contributed by atoms with Gasteiger partial charge in [0, 0.05) is 12.5 Å². The molecule has 1 saturated heterocycles. The van der Waals surface area contributed by atoms with Gasteiger partial charge in [0.15, 0.2) is 0 Å². The van der Waals surface area contributed by atoms with E-state index in [0.29, 0.717) is 5.56 Å². The summed E-state index contributed by atoms with van der Waals surface area (Å²) in [5.74, 6) is -3.39. The molecule has 17 heavy (non-hydrogen) atoms. The highest BCUT2D eigenvalue weighted by molar-refractivity contribution is 5.97. The lowest BCUT2D eigenvalue weighted by Crippen LogP contribution is -2.44. The van der Waals surface area contributed by atoms with Gasteiger partial charge in [0.1, 0.15) is 11.7 Å². The van der Waals surface area contributed by atoms with Gasteiger partial charge in [0.05, 0.1) is 0 Å². The molecule has 2 N–H and O–H groups in total. The molecule has 90 valence electrons. The number of halogens is 1. The fourth-order valence-electron chi connectivity index (χ4n) is 2.08. The minimum Gasteiger partial charge on any atom is -0.481 e. The lowest BCUT2D eigenvalue weighted by Gasteiger charge is -2.27. The van der Waals surface area contributed by atoms with Crippen LogP contribution in [0.4, 0.5) is 4.39 Å². The Balaban J connectivity index is 2.22. The summed E-state index contributed by atoms with van der Waals surface area (Å²) in [7, 11) is 0. The molecule has 0 unspecified atom stereocenters. The summed E-state index contributed by atoms with van der Waals surface area (Å²) in [6.07, 6.45) is 0.141. The van der Waals surface area contributed by atoms with Crippen LogP contribution in [0.15, 0.2) is 24.3 Å². The second-order valence-corrected chi connectivity index (χ2v) is 4.09. The van der Waals surface area contributed by atoms with Crippen LogP contribution >= 0.6 is 0 Å². The van der Waals surface area contributed by atoms with Crippen LogP contribution in [0.2, 0.25) is 0 Å². The molecule has 1 amide bonds. The van der Waals surface area contributed by atoms with Crippen molar-refractivity contribution in [3.8, 4) is 0 Å². The van der Waals surface area contributed by atoms with Gasteiger partial charge in [-0.05, 0) is 18.1 Å². The summed E-state index contributed by atoms with van der Waals surface area (Å²) >= 11 is 0. The third kappa shape index (κ3) is 2.27. The van der Waals surface area contributed by atoms with E-state index in [1.807, 2.05) is 0 Å². The number of benzene rings is 1. The Kier molecular flexibility index (Phi) is 3.08. The van der Waals surface area contributed by atoms with Gasteiger partial charge >= 0.3 is 5.97 Å². The second kappa shape index (κ2) is 4.53. The van der Waals surface area contributed by atoms with E-state index in [9.17, 15) is 14.0 Å². The van der Waals surface area contributed by atoms with E-state index in [1.54, 1.807) is 18.2 Å². The van der Waals surface area contributed by atoms with Crippen molar-refractivity contribution < 1.29 is 19.1 Å². The van der Waals surface area contributed by atoms with Gasteiger partial charge < -0.3 is 10.4 Å². The Morgan fingerprint density at radius 3 is 2.76 bits per heavy atom. The normalized spacial score (nSPS) is 24.2. The number of piperidine rings is 1. The van der Waals surface area contributed by atoms with E-state index >= 15 is 0 Å². The molecule has 1 fully saturated rings. The Labute approximate surface area is 97.4 Å². The Hall–Kier alpha value is -1.91. The van der Waals surface area contributed by atoms with E-state index < -0.39 is 17.8 Å². The highest BCUT2D eigenvalue weighted by atomic mass is 19.1. The maximum atomic E-state index is 13.5. The van der Waals surface area contributed by atoms with Crippen LogP contribution in [0.3, 0.4) is 0 Å². The molecule has 1 aliphatic rings. The zero-order valence-corrected chi connectivity index (χ0v) is 9.02. The topological polar surface area (TPSA) is 66.4 Å². The number of carbonyl (C=O) groups is 2. The van der Waals surface area contributed by atoms with Gasteiger partial charge in [-0.2, -0.15) is 0 Å². The summed E-state index contributed by atoms with van der Waals surface area (Å²) < 4.78 is 13.5. The molecule has 0 aromatic heterocycles. The molecule has 2 atom stereocenters. The van der Waals surface area contributed by atoms with E-state index in [1.165, 1.54) is 6.07 Å². The van der Waals surface area contributed by atoms with Gasteiger partial charge in [-0.25, -0.2) is 4.39 Å². The van der Waals surface area contributed by atoms with Gasteiger partial charge in [0.2, 0.25) is 5.91 Å². The number of hydrogen-bond donors (Lipinski definition) is 2. The SMILES string of the molecule is O=C(O)[C@@H]1C[C@H](c2ccccc2F)CNC1=O. The Morgan fingerprint density at radius 2 is 2.12 bits per heavy atom. The highest BCUT2D eigenvalue weighted by Gasteiger charge is 2.35. The monoisotopic (exact) mass is 237 g/mol. The van der Waals surface area contributed by atoms with E-state index in [-0.39, 0.29) is 24.7 Å². The van der Waals surface area contributed by atoms with Crippen molar-refractivity contribution in [1.82, 2.24) is 5.32 Å². The predicted octanol–water partition coefficient (Wildman–Crippen LogP) is 1.13. The van der Waals surface area contributed by atoms with E-state index in [2.05, 4.69) is 5.32 Å². The zero-order valence-electron chi connectivity index (χ0n) is 9.02. The highest BCUT2D eigenvalue weighted by Crippen LogP contribution is 2.28. The number of aliphatic carboxylic acids is 1. The first-order chi connectivity index (χ1) is 8.09. The van der Waals surface area contributed by atoms with Crippen LogP contribution in [0.25, 0.3) is 0 Å². The van der Waals surface area contributed by atoms with Crippen LogP contribution < -0.4 is 5.32 Å². The van der Waals surface area contributed by atoms with Crippen molar-refractivity contribution in [1.29, 1.82) is 0 Å². The lowest BCUT2D eigenvalue weighted by molar-refractivity contribution is -0.148.